The summed E-state index contributed by atoms with van der Waals surface area (Å²) in [5, 5.41) is 0. The van der Waals surface area contributed by atoms with Crippen molar-refractivity contribution in [2.24, 2.45) is 0 Å². The lowest BCUT2D eigenvalue weighted by Crippen LogP contribution is -1.88. The Balaban J connectivity index is 2.20. The number of H-pyrrole nitrogens is 1. The zero-order valence-electron chi connectivity index (χ0n) is 10.6. The fraction of sp³-hybridized carbons (Fsp3) is 0.188. The van der Waals surface area contributed by atoms with Gasteiger partial charge in [-0.2, -0.15) is 0 Å². The molecule has 0 unspecified atom stereocenters. The van der Waals surface area contributed by atoms with E-state index >= 15 is 0 Å². The van der Waals surface area contributed by atoms with Crippen molar-refractivity contribution in [2.75, 3.05) is 0 Å². The van der Waals surface area contributed by atoms with Crippen molar-refractivity contribution in [1.29, 1.82) is 0 Å². The van der Waals surface area contributed by atoms with Gasteiger partial charge in [-0.05, 0) is 17.5 Å². The van der Waals surface area contributed by atoms with Gasteiger partial charge in [0.05, 0.1) is 11.0 Å². The van der Waals surface area contributed by atoms with Gasteiger partial charge >= 0.3 is 0 Å². The number of imidazole rings is 1. The summed E-state index contributed by atoms with van der Waals surface area (Å²) in [4.78, 5) is 8.14. The van der Waals surface area contributed by atoms with E-state index in [1.54, 1.807) is 0 Å². The zero-order valence-corrected chi connectivity index (χ0v) is 10.6. The number of hydrogen-bond acceptors (Lipinski definition) is 1. The molecule has 0 fully saturated rings. The van der Waals surface area contributed by atoms with E-state index in [1.807, 2.05) is 18.2 Å². The van der Waals surface area contributed by atoms with Crippen LogP contribution in [0.3, 0.4) is 0 Å². The maximum absolute atomic E-state index is 4.75. The molecule has 1 aromatic heterocycles. The molecule has 18 heavy (non-hydrogen) atoms. The molecule has 2 aromatic carbocycles. The maximum Gasteiger partial charge on any atom is 0.138 e. The van der Waals surface area contributed by atoms with E-state index in [4.69, 9.17) is 4.98 Å². The average molecular weight is 236 g/mol. The summed E-state index contributed by atoms with van der Waals surface area (Å²) in [7, 11) is 0. The predicted molar refractivity (Wildman–Crippen MR) is 75.6 cm³/mol. The molecule has 0 aliphatic heterocycles. The van der Waals surface area contributed by atoms with Gasteiger partial charge in [-0.1, -0.05) is 56.3 Å². The van der Waals surface area contributed by atoms with Crippen LogP contribution in [0.25, 0.3) is 22.4 Å². The minimum Gasteiger partial charge on any atom is -0.338 e. The van der Waals surface area contributed by atoms with E-state index in [2.05, 4.69) is 49.2 Å². The molecule has 2 nitrogen and oxygen atoms in total. The zero-order chi connectivity index (χ0) is 12.5. The fourth-order valence-corrected chi connectivity index (χ4v) is 2.25. The lowest BCUT2D eigenvalue weighted by Gasteiger charge is -2.04. The SMILES string of the molecule is CC(C)c1cccc2[nH]c(-c3ccccc3)nc12. The fourth-order valence-electron chi connectivity index (χ4n) is 2.25. The van der Waals surface area contributed by atoms with Crippen molar-refractivity contribution >= 4 is 11.0 Å². The third-order valence-corrected chi connectivity index (χ3v) is 3.21. The normalized spacial score (nSPS) is 11.3. The Morgan fingerprint density at radius 2 is 1.72 bits per heavy atom. The van der Waals surface area contributed by atoms with Crippen LogP contribution in [0.1, 0.15) is 25.3 Å². The second-order valence-electron chi connectivity index (χ2n) is 4.85. The molecular weight excluding hydrogens is 220 g/mol. The summed E-state index contributed by atoms with van der Waals surface area (Å²) in [6, 6.07) is 16.6. The molecule has 0 aliphatic rings. The van der Waals surface area contributed by atoms with Crippen LogP contribution in [0.15, 0.2) is 48.5 Å². The third kappa shape index (κ3) is 1.80. The molecule has 0 bridgehead atoms. The van der Waals surface area contributed by atoms with Crippen molar-refractivity contribution in [3.8, 4) is 11.4 Å². The summed E-state index contributed by atoms with van der Waals surface area (Å²) in [6.07, 6.45) is 0. The Hall–Kier alpha value is -2.09. The minimum absolute atomic E-state index is 0.487. The maximum atomic E-state index is 4.75. The highest BCUT2D eigenvalue weighted by molar-refractivity contribution is 5.82. The van der Waals surface area contributed by atoms with Gasteiger partial charge in [-0.15, -0.1) is 0 Å². The van der Waals surface area contributed by atoms with Gasteiger partial charge in [-0.25, -0.2) is 4.98 Å². The van der Waals surface area contributed by atoms with Crippen LogP contribution in [0.4, 0.5) is 0 Å². The van der Waals surface area contributed by atoms with Crippen LogP contribution in [0, 0.1) is 0 Å². The van der Waals surface area contributed by atoms with E-state index in [9.17, 15) is 0 Å². The highest BCUT2D eigenvalue weighted by atomic mass is 14.9. The third-order valence-electron chi connectivity index (χ3n) is 3.21. The molecule has 2 heteroatoms. The number of fused-ring (bicyclic) bond motifs is 1. The quantitative estimate of drug-likeness (QED) is 0.704. The van der Waals surface area contributed by atoms with Gasteiger partial charge < -0.3 is 4.98 Å². The Bertz CT molecular complexity index is 666. The molecule has 0 saturated carbocycles. The van der Waals surface area contributed by atoms with Crippen LogP contribution in [0.2, 0.25) is 0 Å². The minimum atomic E-state index is 0.487. The topological polar surface area (TPSA) is 28.7 Å². The van der Waals surface area contributed by atoms with E-state index in [0.717, 1.165) is 22.4 Å². The van der Waals surface area contributed by atoms with Gasteiger partial charge in [0.15, 0.2) is 0 Å². The van der Waals surface area contributed by atoms with Crippen molar-refractivity contribution < 1.29 is 0 Å². The molecule has 0 aliphatic carbocycles. The number of nitrogens with zero attached hydrogens (tertiary/aromatic N) is 1. The summed E-state index contributed by atoms with van der Waals surface area (Å²) >= 11 is 0. The number of aromatic nitrogens is 2. The second kappa shape index (κ2) is 4.30. The van der Waals surface area contributed by atoms with E-state index in [-0.39, 0.29) is 0 Å². The number of rotatable bonds is 2. The van der Waals surface area contributed by atoms with Gasteiger partial charge in [0.2, 0.25) is 0 Å². The number of para-hydroxylation sites is 1. The highest BCUT2D eigenvalue weighted by Gasteiger charge is 2.10. The van der Waals surface area contributed by atoms with E-state index in [0.29, 0.717) is 5.92 Å². The average Bonchev–Trinajstić information content (AvgIpc) is 2.83. The Morgan fingerprint density at radius 1 is 0.944 bits per heavy atom. The second-order valence-corrected chi connectivity index (χ2v) is 4.85. The Labute approximate surface area is 107 Å². The lowest BCUT2D eigenvalue weighted by atomic mass is 10.0. The molecule has 0 radical (unpaired) electrons. The monoisotopic (exact) mass is 236 g/mol. The molecule has 3 aromatic rings. The molecule has 0 spiro atoms. The Morgan fingerprint density at radius 3 is 2.44 bits per heavy atom. The first kappa shape index (κ1) is 11.0. The Kier molecular flexibility index (Phi) is 2.63. The first-order valence-electron chi connectivity index (χ1n) is 6.30. The van der Waals surface area contributed by atoms with Crippen LogP contribution in [-0.2, 0) is 0 Å². The predicted octanol–water partition coefficient (Wildman–Crippen LogP) is 4.35. The van der Waals surface area contributed by atoms with E-state index in [1.165, 1.54) is 5.56 Å². The molecule has 0 atom stereocenters. The van der Waals surface area contributed by atoms with Crippen molar-refractivity contribution in [1.82, 2.24) is 9.97 Å². The van der Waals surface area contributed by atoms with Gasteiger partial charge in [0, 0.05) is 5.56 Å². The molecule has 0 amide bonds. The van der Waals surface area contributed by atoms with Crippen LogP contribution in [0.5, 0.6) is 0 Å². The van der Waals surface area contributed by atoms with Gasteiger partial charge in [0.1, 0.15) is 5.82 Å². The first-order valence-corrected chi connectivity index (χ1v) is 6.30. The lowest BCUT2D eigenvalue weighted by molar-refractivity contribution is 0.874. The van der Waals surface area contributed by atoms with E-state index < -0.39 is 0 Å². The number of benzene rings is 2. The molecule has 1 N–H and O–H groups in total. The molecule has 90 valence electrons. The molecule has 1 heterocycles. The summed E-state index contributed by atoms with van der Waals surface area (Å²) < 4.78 is 0. The van der Waals surface area contributed by atoms with Crippen molar-refractivity contribution in [3.63, 3.8) is 0 Å². The summed E-state index contributed by atoms with van der Waals surface area (Å²) in [5.74, 6) is 1.43. The first-order chi connectivity index (χ1) is 8.75. The van der Waals surface area contributed by atoms with Crippen LogP contribution in [-0.4, -0.2) is 9.97 Å². The molecule has 3 rings (SSSR count). The number of aromatic amines is 1. The number of hydrogen-bond donors (Lipinski definition) is 1. The van der Waals surface area contributed by atoms with Crippen LogP contribution < -0.4 is 0 Å². The smallest absolute Gasteiger partial charge is 0.138 e. The van der Waals surface area contributed by atoms with Crippen LogP contribution >= 0.6 is 0 Å². The largest absolute Gasteiger partial charge is 0.338 e. The van der Waals surface area contributed by atoms with Crippen molar-refractivity contribution in [2.45, 2.75) is 19.8 Å². The molecule has 0 saturated heterocycles. The summed E-state index contributed by atoms with van der Waals surface area (Å²) in [5.41, 5.74) is 4.63. The van der Waals surface area contributed by atoms with Crippen molar-refractivity contribution in [3.05, 3.63) is 54.1 Å². The van der Waals surface area contributed by atoms with Gasteiger partial charge in [0.25, 0.3) is 0 Å². The number of nitrogens with one attached hydrogen (secondary N) is 1. The standard InChI is InChI=1S/C16H16N2/c1-11(2)13-9-6-10-14-15(13)18-16(17-14)12-7-4-3-5-8-12/h3-11H,1-2H3,(H,17,18). The molecular formula is C16H16N2. The van der Waals surface area contributed by atoms with Gasteiger partial charge in [-0.3, -0.25) is 0 Å². The highest BCUT2D eigenvalue weighted by Crippen LogP contribution is 2.26. The summed E-state index contributed by atoms with van der Waals surface area (Å²) in [6.45, 7) is 4.40.